The number of ether oxygens (including phenoxy) is 2. The molecule has 1 rings (SSSR count). The Balaban J connectivity index is 2.42. The number of hydrogen-bond acceptors (Lipinski definition) is 5. The topological polar surface area (TPSA) is 76.4 Å². The SMILES string of the molecule is CCCCCCCCC(=O)OC(C)C(C)OC(=O)C(C#N)=Cc1ccccc1. The normalized spacial score (nSPS) is 13.3. The van der Waals surface area contributed by atoms with Gasteiger partial charge in [0.15, 0.2) is 0 Å². The van der Waals surface area contributed by atoms with Crippen molar-refractivity contribution in [2.24, 2.45) is 0 Å². The predicted octanol–water partition coefficient (Wildman–Crippen LogP) is 5.21. The van der Waals surface area contributed by atoms with Crippen LogP contribution in [0.4, 0.5) is 0 Å². The van der Waals surface area contributed by atoms with Crippen molar-refractivity contribution < 1.29 is 19.1 Å². The zero-order valence-electron chi connectivity index (χ0n) is 17.1. The van der Waals surface area contributed by atoms with Gasteiger partial charge >= 0.3 is 11.9 Å². The molecule has 2 unspecified atom stereocenters. The molecule has 0 heterocycles. The third-order valence-corrected chi connectivity index (χ3v) is 4.46. The molecular weight excluding hydrogens is 354 g/mol. The van der Waals surface area contributed by atoms with Crippen LogP contribution < -0.4 is 0 Å². The average molecular weight is 386 g/mol. The number of carbonyl (C=O) groups excluding carboxylic acids is 2. The lowest BCUT2D eigenvalue weighted by molar-refractivity contribution is -0.162. The number of hydrogen-bond donors (Lipinski definition) is 0. The van der Waals surface area contributed by atoms with Crippen LogP contribution in [0, 0.1) is 11.3 Å². The van der Waals surface area contributed by atoms with E-state index < -0.39 is 18.2 Å². The predicted molar refractivity (Wildman–Crippen MR) is 109 cm³/mol. The Morgan fingerprint density at radius 1 is 1.00 bits per heavy atom. The first kappa shape index (κ1) is 23.4. The lowest BCUT2D eigenvalue weighted by atomic mass is 10.1. The molecule has 0 fully saturated rings. The van der Waals surface area contributed by atoms with Gasteiger partial charge in [0.1, 0.15) is 23.9 Å². The summed E-state index contributed by atoms with van der Waals surface area (Å²) >= 11 is 0. The van der Waals surface area contributed by atoms with Crippen LogP contribution in [-0.2, 0) is 19.1 Å². The van der Waals surface area contributed by atoms with Gasteiger partial charge in [-0.25, -0.2) is 4.79 Å². The van der Waals surface area contributed by atoms with Crippen LogP contribution in [0.2, 0.25) is 0 Å². The molecule has 0 spiro atoms. The Morgan fingerprint density at radius 2 is 1.61 bits per heavy atom. The van der Waals surface area contributed by atoms with Crippen molar-refractivity contribution in [3.63, 3.8) is 0 Å². The number of benzene rings is 1. The van der Waals surface area contributed by atoms with Gasteiger partial charge in [0.05, 0.1) is 0 Å². The molecule has 0 saturated heterocycles. The van der Waals surface area contributed by atoms with Gasteiger partial charge in [0.25, 0.3) is 0 Å². The second kappa shape index (κ2) is 13.5. The molecule has 0 aliphatic rings. The summed E-state index contributed by atoms with van der Waals surface area (Å²) in [5.41, 5.74) is 0.644. The van der Waals surface area contributed by atoms with Gasteiger partial charge < -0.3 is 9.47 Å². The van der Waals surface area contributed by atoms with Crippen LogP contribution in [0.3, 0.4) is 0 Å². The Kier molecular flexibility index (Phi) is 11.3. The van der Waals surface area contributed by atoms with Crippen molar-refractivity contribution in [1.29, 1.82) is 5.26 Å². The Morgan fingerprint density at radius 3 is 2.25 bits per heavy atom. The molecule has 2 atom stereocenters. The van der Waals surface area contributed by atoms with Gasteiger partial charge in [-0.2, -0.15) is 5.26 Å². The first-order valence-electron chi connectivity index (χ1n) is 10.0. The van der Waals surface area contributed by atoms with Gasteiger partial charge in [-0.15, -0.1) is 0 Å². The monoisotopic (exact) mass is 385 g/mol. The van der Waals surface area contributed by atoms with Gasteiger partial charge in [-0.1, -0.05) is 69.4 Å². The summed E-state index contributed by atoms with van der Waals surface area (Å²) in [7, 11) is 0. The summed E-state index contributed by atoms with van der Waals surface area (Å²) in [5.74, 6) is -1.01. The van der Waals surface area contributed by atoms with E-state index in [1.54, 1.807) is 26.0 Å². The van der Waals surface area contributed by atoms with Crippen LogP contribution in [0.25, 0.3) is 6.08 Å². The maximum Gasteiger partial charge on any atom is 0.349 e. The molecule has 0 aromatic heterocycles. The summed E-state index contributed by atoms with van der Waals surface area (Å²) in [6.07, 6.45) is 7.21. The highest BCUT2D eigenvalue weighted by molar-refractivity contribution is 5.98. The molecule has 0 aliphatic heterocycles. The average Bonchev–Trinajstić information content (AvgIpc) is 2.69. The minimum Gasteiger partial charge on any atom is -0.459 e. The lowest BCUT2D eigenvalue weighted by Gasteiger charge is -2.20. The Labute approximate surface area is 168 Å². The molecule has 1 aromatic carbocycles. The molecule has 0 bridgehead atoms. The van der Waals surface area contributed by atoms with Crippen LogP contribution >= 0.6 is 0 Å². The van der Waals surface area contributed by atoms with Gasteiger partial charge in [0, 0.05) is 6.42 Å². The van der Waals surface area contributed by atoms with E-state index in [1.807, 2.05) is 24.3 Å². The van der Waals surface area contributed by atoms with E-state index in [4.69, 9.17) is 9.47 Å². The highest BCUT2D eigenvalue weighted by Gasteiger charge is 2.22. The van der Waals surface area contributed by atoms with Crippen molar-refractivity contribution in [2.45, 2.75) is 77.9 Å². The fourth-order valence-electron chi connectivity index (χ4n) is 2.59. The van der Waals surface area contributed by atoms with Gasteiger partial charge in [0.2, 0.25) is 0 Å². The quantitative estimate of drug-likeness (QED) is 0.214. The van der Waals surface area contributed by atoms with E-state index in [9.17, 15) is 14.9 Å². The number of carbonyl (C=O) groups is 2. The minimum absolute atomic E-state index is 0.0938. The van der Waals surface area contributed by atoms with Crippen molar-refractivity contribution in [3.05, 3.63) is 41.5 Å². The van der Waals surface area contributed by atoms with E-state index in [2.05, 4.69) is 6.92 Å². The molecule has 0 saturated carbocycles. The molecule has 0 N–H and O–H groups in total. The molecule has 0 aliphatic carbocycles. The van der Waals surface area contributed by atoms with Crippen LogP contribution in [0.15, 0.2) is 35.9 Å². The van der Waals surface area contributed by atoms with E-state index in [-0.39, 0.29) is 11.5 Å². The number of unbranched alkanes of at least 4 members (excludes halogenated alkanes) is 5. The highest BCUT2D eigenvalue weighted by atomic mass is 16.6. The summed E-state index contributed by atoms with van der Waals surface area (Å²) in [4.78, 5) is 24.2. The van der Waals surface area contributed by atoms with Gasteiger partial charge in [-0.3, -0.25) is 4.79 Å². The highest BCUT2D eigenvalue weighted by Crippen LogP contribution is 2.13. The molecule has 5 nitrogen and oxygen atoms in total. The first-order chi connectivity index (χ1) is 13.5. The Hall–Kier alpha value is -2.61. The third kappa shape index (κ3) is 9.36. The second-order valence-corrected chi connectivity index (χ2v) is 6.90. The zero-order valence-corrected chi connectivity index (χ0v) is 17.1. The van der Waals surface area contributed by atoms with E-state index in [1.165, 1.54) is 25.3 Å². The summed E-state index contributed by atoms with van der Waals surface area (Å²) in [5, 5.41) is 9.22. The molecule has 5 heteroatoms. The second-order valence-electron chi connectivity index (χ2n) is 6.90. The van der Waals surface area contributed by atoms with Crippen molar-refractivity contribution in [3.8, 4) is 6.07 Å². The molecule has 152 valence electrons. The largest absolute Gasteiger partial charge is 0.459 e. The number of rotatable bonds is 12. The zero-order chi connectivity index (χ0) is 20.8. The maximum atomic E-state index is 12.2. The van der Waals surface area contributed by atoms with E-state index >= 15 is 0 Å². The van der Waals surface area contributed by atoms with Crippen molar-refractivity contribution in [2.75, 3.05) is 0 Å². The number of esters is 2. The summed E-state index contributed by atoms with van der Waals surface area (Å²) in [6.45, 7) is 5.51. The fraction of sp³-hybridized carbons (Fsp3) is 0.522. The molecule has 1 aromatic rings. The Bertz CT molecular complexity index is 676. The molecular formula is C23H31NO4. The maximum absolute atomic E-state index is 12.2. The van der Waals surface area contributed by atoms with Crippen LogP contribution in [0.1, 0.15) is 71.3 Å². The smallest absolute Gasteiger partial charge is 0.349 e. The standard InChI is InChI=1S/C23H31NO4/c1-4-5-6-7-8-12-15-22(25)27-18(2)19(3)28-23(26)21(17-24)16-20-13-10-9-11-14-20/h9-11,13-14,16,18-19H,4-8,12,15H2,1-3H3. The molecule has 28 heavy (non-hydrogen) atoms. The van der Waals surface area contributed by atoms with E-state index in [0.29, 0.717) is 6.42 Å². The minimum atomic E-state index is -0.724. The van der Waals surface area contributed by atoms with Crippen LogP contribution in [-0.4, -0.2) is 24.1 Å². The number of nitrogens with zero attached hydrogens (tertiary/aromatic N) is 1. The fourth-order valence-corrected chi connectivity index (χ4v) is 2.59. The first-order valence-corrected chi connectivity index (χ1v) is 10.0. The molecule has 0 amide bonds. The third-order valence-electron chi connectivity index (χ3n) is 4.46. The van der Waals surface area contributed by atoms with Crippen molar-refractivity contribution >= 4 is 18.0 Å². The molecule has 0 radical (unpaired) electrons. The number of nitriles is 1. The lowest BCUT2D eigenvalue weighted by Crippen LogP contribution is -2.31. The van der Waals surface area contributed by atoms with Crippen LogP contribution in [0.5, 0.6) is 0 Å². The van der Waals surface area contributed by atoms with E-state index in [0.717, 1.165) is 24.8 Å². The summed E-state index contributed by atoms with van der Waals surface area (Å²) < 4.78 is 10.7. The summed E-state index contributed by atoms with van der Waals surface area (Å²) in [6, 6.07) is 10.9. The van der Waals surface area contributed by atoms with Crippen molar-refractivity contribution in [1.82, 2.24) is 0 Å². The van der Waals surface area contributed by atoms with Gasteiger partial charge in [-0.05, 0) is 31.9 Å².